The summed E-state index contributed by atoms with van der Waals surface area (Å²) in [7, 11) is 1.62. The molecule has 2 aromatic heterocycles. The van der Waals surface area contributed by atoms with Crippen molar-refractivity contribution in [3.63, 3.8) is 0 Å². The smallest absolute Gasteiger partial charge is 0.357 e. The molecule has 1 aromatic carbocycles. The fourth-order valence-electron chi connectivity index (χ4n) is 2.62. The predicted molar refractivity (Wildman–Crippen MR) is 99.6 cm³/mol. The summed E-state index contributed by atoms with van der Waals surface area (Å²) in [4.78, 5) is 17.2. The van der Waals surface area contributed by atoms with Gasteiger partial charge in [0.25, 0.3) is 0 Å². The molecule has 0 aliphatic carbocycles. The van der Waals surface area contributed by atoms with E-state index in [2.05, 4.69) is 25.9 Å². The number of esters is 1. The van der Waals surface area contributed by atoms with Gasteiger partial charge in [0.05, 0.1) is 25.1 Å². The van der Waals surface area contributed by atoms with Crippen molar-refractivity contribution in [3.05, 3.63) is 47.8 Å². The van der Waals surface area contributed by atoms with Crippen molar-refractivity contribution in [2.75, 3.05) is 13.7 Å². The summed E-state index contributed by atoms with van der Waals surface area (Å²) in [6.45, 7) is 8.29. The summed E-state index contributed by atoms with van der Waals surface area (Å²) < 4.78 is 12.1. The number of aromatic nitrogens is 3. The van der Waals surface area contributed by atoms with Crippen molar-refractivity contribution < 1.29 is 14.3 Å². The first-order chi connectivity index (χ1) is 12.3. The van der Waals surface area contributed by atoms with E-state index in [1.165, 1.54) is 0 Å². The first-order valence-corrected chi connectivity index (χ1v) is 8.56. The molecule has 0 N–H and O–H groups in total. The SMILES string of the molecule is CCOC(=O)c1cc(-c2cccc(OC)c2)nc2cc(C(C)(C)C)nn12. The summed E-state index contributed by atoms with van der Waals surface area (Å²) in [6.07, 6.45) is 0. The number of carbonyl (C=O) groups is 1. The van der Waals surface area contributed by atoms with Crippen LogP contribution in [-0.2, 0) is 10.2 Å². The Balaban J connectivity index is 2.23. The van der Waals surface area contributed by atoms with E-state index in [1.807, 2.05) is 30.3 Å². The molecular weight excluding hydrogens is 330 g/mol. The largest absolute Gasteiger partial charge is 0.497 e. The second kappa shape index (κ2) is 6.78. The lowest BCUT2D eigenvalue weighted by Gasteiger charge is -2.13. The molecule has 6 nitrogen and oxygen atoms in total. The molecule has 26 heavy (non-hydrogen) atoms. The molecule has 0 aliphatic rings. The molecule has 0 fully saturated rings. The molecule has 0 radical (unpaired) electrons. The lowest BCUT2D eigenvalue weighted by molar-refractivity contribution is 0.0516. The molecule has 0 saturated heterocycles. The van der Waals surface area contributed by atoms with Crippen LogP contribution in [0.15, 0.2) is 36.4 Å². The van der Waals surface area contributed by atoms with E-state index in [0.717, 1.165) is 17.0 Å². The summed E-state index contributed by atoms with van der Waals surface area (Å²) in [6, 6.07) is 11.2. The Hall–Kier alpha value is -2.89. The quantitative estimate of drug-likeness (QED) is 0.666. The lowest BCUT2D eigenvalue weighted by Crippen LogP contribution is -2.15. The van der Waals surface area contributed by atoms with Crippen LogP contribution in [-0.4, -0.2) is 34.3 Å². The molecule has 0 spiro atoms. The number of ether oxygens (including phenoxy) is 2. The van der Waals surface area contributed by atoms with E-state index in [1.54, 1.807) is 24.6 Å². The maximum absolute atomic E-state index is 12.5. The average molecular weight is 353 g/mol. The minimum Gasteiger partial charge on any atom is -0.497 e. The molecule has 0 amide bonds. The highest BCUT2D eigenvalue weighted by Gasteiger charge is 2.22. The van der Waals surface area contributed by atoms with Crippen LogP contribution in [0.1, 0.15) is 43.9 Å². The molecule has 3 rings (SSSR count). The predicted octanol–water partition coefficient (Wildman–Crippen LogP) is 3.88. The number of carbonyl (C=O) groups excluding carboxylic acids is 1. The second-order valence-corrected chi connectivity index (χ2v) is 7.03. The second-order valence-electron chi connectivity index (χ2n) is 7.03. The van der Waals surface area contributed by atoms with Crippen molar-refractivity contribution in [2.24, 2.45) is 0 Å². The van der Waals surface area contributed by atoms with Gasteiger partial charge in [-0.3, -0.25) is 0 Å². The van der Waals surface area contributed by atoms with Gasteiger partial charge in [0, 0.05) is 17.0 Å². The van der Waals surface area contributed by atoms with Crippen LogP contribution < -0.4 is 4.74 Å². The average Bonchev–Trinajstić information content (AvgIpc) is 3.05. The van der Waals surface area contributed by atoms with Crippen LogP contribution in [0.4, 0.5) is 0 Å². The topological polar surface area (TPSA) is 65.7 Å². The fraction of sp³-hybridized carbons (Fsp3) is 0.350. The maximum Gasteiger partial charge on any atom is 0.357 e. The van der Waals surface area contributed by atoms with Crippen molar-refractivity contribution in [1.82, 2.24) is 14.6 Å². The van der Waals surface area contributed by atoms with E-state index in [4.69, 9.17) is 14.5 Å². The number of hydrogen-bond donors (Lipinski definition) is 0. The van der Waals surface area contributed by atoms with Gasteiger partial charge < -0.3 is 9.47 Å². The standard InChI is InChI=1S/C20H23N3O3/c1-6-26-19(24)16-11-15(13-8-7-9-14(10-13)25-5)21-18-12-17(20(2,3)4)22-23(16)18/h7-12H,6H2,1-5H3. The van der Waals surface area contributed by atoms with Gasteiger partial charge in [-0.25, -0.2) is 14.3 Å². The van der Waals surface area contributed by atoms with E-state index in [9.17, 15) is 4.79 Å². The summed E-state index contributed by atoms with van der Waals surface area (Å²) >= 11 is 0. The Kier molecular flexibility index (Phi) is 4.68. The zero-order valence-electron chi connectivity index (χ0n) is 15.7. The molecule has 0 atom stereocenters. The number of nitrogens with zero attached hydrogens (tertiary/aromatic N) is 3. The normalized spacial score (nSPS) is 11.6. The monoisotopic (exact) mass is 353 g/mol. The number of rotatable bonds is 4. The molecule has 136 valence electrons. The molecule has 0 unspecified atom stereocenters. The Morgan fingerprint density at radius 2 is 1.96 bits per heavy atom. The molecule has 2 heterocycles. The van der Waals surface area contributed by atoms with Crippen LogP contribution in [0.3, 0.4) is 0 Å². The molecule has 3 aromatic rings. The van der Waals surface area contributed by atoms with Crippen molar-refractivity contribution in [2.45, 2.75) is 33.1 Å². The van der Waals surface area contributed by atoms with Crippen LogP contribution in [0.25, 0.3) is 16.9 Å². The van der Waals surface area contributed by atoms with E-state index in [0.29, 0.717) is 23.6 Å². The third kappa shape index (κ3) is 3.40. The number of benzene rings is 1. The van der Waals surface area contributed by atoms with Crippen molar-refractivity contribution in [1.29, 1.82) is 0 Å². The van der Waals surface area contributed by atoms with Gasteiger partial charge >= 0.3 is 5.97 Å². The van der Waals surface area contributed by atoms with E-state index in [-0.39, 0.29) is 5.41 Å². The Morgan fingerprint density at radius 1 is 1.19 bits per heavy atom. The van der Waals surface area contributed by atoms with Gasteiger partial charge in [-0.15, -0.1) is 0 Å². The molecule has 0 aliphatic heterocycles. The molecule has 0 saturated carbocycles. The highest BCUT2D eigenvalue weighted by Crippen LogP contribution is 2.27. The number of hydrogen-bond acceptors (Lipinski definition) is 5. The lowest BCUT2D eigenvalue weighted by atomic mass is 9.93. The molecule has 6 heteroatoms. The van der Waals surface area contributed by atoms with Crippen molar-refractivity contribution in [3.8, 4) is 17.0 Å². The van der Waals surface area contributed by atoms with Gasteiger partial charge in [0.2, 0.25) is 0 Å². The minimum atomic E-state index is -0.424. The summed E-state index contributed by atoms with van der Waals surface area (Å²) in [5.74, 6) is 0.304. The van der Waals surface area contributed by atoms with Crippen molar-refractivity contribution >= 4 is 11.6 Å². The zero-order valence-corrected chi connectivity index (χ0v) is 15.7. The molecule has 0 bridgehead atoms. The third-order valence-corrected chi connectivity index (χ3v) is 4.05. The summed E-state index contributed by atoms with van der Waals surface area (Å²) in [5.41, 5.74) is 3.19. The van der Waals surface area contributed by atoms with Gasteiger partial charge in [-0.05, 0) is 25.1 Å². The van der Waals surface area contributed by atoms with Crippen LogP contribution in [0.5, 0.6) is 5.75 Å². The van der Waals surface area contributed by atoms with Gasteiger partial charge in [-0.2, -0.15) is 5.10 Å². The van der Waals surface area contributed by atoms with Crippen LogP contribution >= 0.6 is 0 Å². The number of methoxy groups -OCH3 is 1. The van der Waals surface area contributed by atoms with Gasteiger partial charge in [0.1, 0.15) is 5.75 Å². The maximum atomic E-state index is 12.5. The highest BCUT2D eigenvalue weighted by atomic mass is 16.5. The third-order valence-electron chi connectivity index (χ3n) is 4.05. The van der Waals surface area contributed by atoms with E-state index < -0.39 is 5.97 Å². The molecular formula is C20H23N3O3. The summed E-state index contributed by atoms with van der Waals surface area (Å²) in [5, 5.41) is 4.58. The Bertz CT molecular complexity index is 955. The van der Waals surface area contributed by atoms with Gasteiger partial charge in [0.15, 0.2) is 11.3 Å². The first kappa shape index (κ1) is 17.9. The minimum absolute atomic E-state index is 0.157. The van der Waals surface area contributed by atoms with E-state index >= 15 is 0 Å². The highest BCUT2D eigenvalue weighted by molar-refractivity contribution is 5.89. The van der Waals surface area contributed by atoms with Gasteiger partial charge in [-0.1, -0.05) is 32.9 Å². The van der Waals surface area contributed by atoms with Crippen LogP contribution in [0, 0.1) is 0 Å². The zero-order chi connectivity index (χ0) is 18.9. The fourth-order valence-corrected chi connectivity index (χ4v) is 2.62. The Morgan fingerprint density at radius 3 is 2.62 bits per heavy atom. The Labute approximate surface area is 152 Å². The number of fused-ring (bicyclic) bond motifs is 1. The van der Waals surface area contributed by atoms with Crippen LogP contribution in [0.2, 0.25) is 0 Å². The first-order valence-electron chi connectivity index (χ1n) is 8.56.